The average Bonchev–Trinajstić information content (AvgIpc) is 2.99. The fraction of sp³-hybridized carbons (Fsp3) is 0.800. The number of nitrogens with zero attached hydrogens (tertiary/aromatic N) is 1. The highest BCUT2D eigenvalue weighted by Crippen LogP contribution is 2.14. The number of rotatable bonds is 15. The van der Waals surface area contributed by atoms with E-state index in [0.29, 0.717) is 6.17 Å². The predicted octanol–water partition coefficient (Wildman–Crippen LogP) is 4.94. The van der Waals surface area contributed by atoms with E-state index in [0.717, 1.165) is 6.54 Å². The summed E-state index contributed by atoms with van der Waals surface area (Å²) in [4.78, 5) is 2.20. The molecular weight excluding hydrogens is 284 g/mol. The van der Waals surface area contributed by atoms with E-state index in [2.05, 4.69) is 35.5 Å². The van der Waals surface area contributed by atoms with Gasteiger partial charge in [0.05, 0.1) is 12.8 Å². The van der Waals surface area contributed by atoms with Gasteiger partial charge in [-0.3, -0.25) is 0 Å². The summed E-state index contributed by atoms with van der Waals surface area (Å²) in [5.74, 6) is 0. The third kappa shape index (κ3) is 10.4. The fourth-order valence-electron chi connectivity index (χ4n) is 3.10. The summed E-state index contributed by atoms with van der Waals surface area (Å²) in [6.45, 7) is 3.23. The number of hydrogen-bond donors (Lipinski definition) is 2. The zero-order chi connectivity index (χ0) is 16.6. The molecule has 1 unspecified atom stereocenters. The van der Waals surface area contributed by atoms with Crippen LogP contribution in [0.25, 0.3) is 0 Å². The van der Waals surface area contributed by atoms with Crippen molar-refractivity contribution in [1.29, 1.82) is 0 Å². The van der Waals surface area contributed by atoms with Crippen molar-refractivity contribution in [3.63, 3.8) is 0 Å². The third-order valence-corrected chi connectivity index (χ3v) is 4.55. The van der Waals surface area contributed by atoms with Gasteiger partial charge in [0, 0.05) is 18.9 Å². The van der Waals surface area contributed by atoms with Crippen molar-refractivity contribution < 1.29 is 5.11 Å². The quantitative estimate of drug-likeness (QED) is 0.331. The Bertz CT molecular complexity index is 315. The van der Waals surface area contributed by atoms with E-state index in [1.165, 1.54) is 77.0 Å². The van der Waals surface area contributed by atoms with E-state index in [1.54, 1.807) is 0 Å². The van der Waals surface area contributed by atoms with Crippen LogP contribution in [0.4, 0.5) is 0 Å². The van der Waals surface area contributed by atoms with Crippen LogP contribution in [-0.4, -0.2) is 29.3 Å². The first kappa shape index (κ1) is 20.1. The number of β-amino-alcohol motifs (C(OH)–C–C–N with tert-alkyl or cyclic N) is 1. The summed E-state index contributed by atoms with van der Waals surface area (Å²) in [5, 5.41) is 12.4. The molecule has 0 fully saturated rings. The molecule has 0 aromatic rings. The predicted molar refractivity (Wildman–Crippen MR) is 100 cm³/mol. The van der Waals surface area contributed by atoms with Crippen molar-refractivity contribution in [2.45, 2.75) is 90.1 Å². The monoisotopic (exact) mass is 322 g/mol. The third-order valence-electron chi connectivity index (χ3n) is 4.55. The Hall–Kier alpha value is -0.960. The Labute approximate surface area is 143 Å². The van der Waals surface area contributed by atoms with E-state index in [9.17, 15) is 0 Å². The van der Waals surface area contributed by atoms with Crippen molar-refractivity contribution in [3.8, 4) is 0 Å². The van der Waals surface area contributed by atoms with Gasteiger partial charge in [0.1, 0.15) is 0 Å². The van der Waals surface area contributed by atoms with Gasteiger partial charge in [0.2, 0.25) is 0 Å². The fourth-order valence-corrected chi connectivity index (χ4v) is 3.10. The van der Waals surface area contributed by atoms with Crippen LogP contribution in [0.15, 0.2) is 24.6 Å². The first-order chi connectivity index (χ1) is 11.4. The molecule has 0 amide bonds. The summed E-state index contributed by atoms with van der Waals surface area (Å²) in [6, 6.07) is 0. The smallest absolute Gasteiger partial charge is 0.0982 e. The summed E-state index contributed by atoms with van der Waals surface area (Å²) in [6.07, 6.45) is 25.0. The largest absolute Gasteiger partial charge is 0.395 e. The van der Waals surface area contributed by atoms with E-state index in [4.69, 9.17) is 5.11 Å². The molecule has 0 radical (unpaired) electrons. The molecule has 0 aromatic carbocycles. The molecule has 3 nitrogen and oxygen atoms in total. The summed E-state index contributed by atoms with van der Waals surface area (Å²) >= 11 is 0. The van der Waals surface area contributed by atoms with Crippen LogP contribution in [0, 0.1) is 0 Å². The van der Waals surface area contributed by atoms with Crippen LogP contribution in [0.3, 0.4) is 0 Å². The average molecular weight is 323 g/mol. The number of hydrogen-bond acceptors (Lipinski definition) is 3. The van der Waals surface area contributed by atoms with E-state index < -0.39 is 0 Å². The number of aliphatic hydroxyl groups excluding tert-OH is 1. The molecule has 134 valence electrons. The molecule has 1 aliphatic rings. The molecule has 0 aliphatic carbocycles. The van der Waals surface area contributed by atoms with Gasteiger partial charge < -0.3 is 15.3 Å². The van der Waals surface area contributed by atoms with Crippen molar-refractivity contribution >= 4 is 0 Å². The van der Waals surface area contributed by atoms with Gasteiger partial charge in [-0.05, 0) is 38.5 Å². The van der Waals surface area contributed by atoms with E-state index in [-0.39, 0.29) is 6.61 Å². The maximum atomic E-state index is 9.02. The standard InChI is InChI=1S/C20H38N2O/c1-2-3-4-5-6-7-8-9-10-11-12-13-14-15-20-21-16-17-22(20)18-19-23/h6-7,16-17,20-21,23H,2-5,8-15,18-19H2,1H3/b7-6+. The maximum absolute atomic E-state index is 9.02. The summed E-state index contributed by atoms with van der Waals surface area (Å²) < 4.78 is 0. The second kappa shape index (κ2) is 14.6. The van der Waals surface area contributed by atoms with Crippen LogP contribution in [0.5, 0.6) is 0 Å². The van der Waals surface area contributed by atoms with Crippen molar-refractivity contribution in [1.82, 2.24) is 10.2 Å². The van der Waals surface area contributed by atoms with Gasteiger partial charge in [0.15, 0.2) is 0 Å². The lowest BCUT2D eigenvalue weighted by molar-refractivity contribution is 0.194. The number of unbranched alkanes of at least 4 members (excludes halogenated alkanes) is 9. The molecule has 0 spiro atoms. The minimum absolute atomic E-state index is 0.232. The Morgan fingerprint density at radius 1 is 0.957 bits per heavy atom. The summed E-state index contributed by atoms with van der Waals surface area (Å²) in [5.41, 5.74) is 0. The van der Waals surface area contributed by atoms with Gasteiger partial charge in [-0.1, -0.05) is 57.6 Å². The molecule has 1 heterocycles. The second-order valence-corrected chi connectivity index (χ2v) is 6.63. The van der Waals surface area contributed by atoms with Crippen LogP contribution in [0.1, 0.15) is 84.0 Å². The Morgan fingerprint density at radius 3 is 2.30 bits per heavy atom. The number of nitrogens with one attached hydrogen (secondary N) is 1. The molecule has 0 aromatic heterocycles. The van der Waals surface area contributed by atoms with Crippen LogP contribution >= 0.6 is 0 Å². The van der Waals surface area contributed by atoms with E-state index >= 15 is 0 Å². The van der Waals surface area contributed by atoms with E-state index in [1.807, 2.05) is 6.20 Å². The topological polar surface area (TPSA) is 35.5 Å². The SMILES string of the molecule is CCCCC/C=C/CCCCCCCCC1NC=CN1CCO. The Kier molecular flexibility index (Phi) is 12.8. The highest BCUT2D eigenvalue weighted by molar-refractivity contribution is 4.93. The lowest BCUT2D eigenvalue weighted by Gasteiger charge is -2.24. The molecule has 1 atom stereocenters. The number of allylic oxidation sites excluding steroid dienone is 2. The molecule has 2 N–H and O–H groups in total. The van der Waals surface area contributed by atoms with Gasteiger partial charge in [-0.25, -0.2) is 0 Å². The normalized spacial score (nSPS) is 17.3. The minimum Gasteiger partial charge on any atom is -0.395 e. The summed E-state index contributed by atoms with van der Waals surface area (Å²) in [7, 11) is 0. The highest BCUT2D eigenvalue weighted by Gasteiger charge is 2.16. The maximum Gasteiger partial charge on any atom is 0.0982 e. The second-order valence-electron chi connectivity index (χ2n) is 6.63. The van der Waals surface area contributed by atoms with Crippen molar-refractivity contribution in [2.24, 2.45) is 0 Å². The molecule has 3 heteroatoms. The Morgan fingerprint density at radius 2 is 1.61 bits per heavy atom. The molecule has 23 heavy (non-hydrogen) atoms. The lowest BCUT2D eigenvalue weighted by Crippen LogP contribution is -2.36. The van der Waals surface area contributed by atoms with Crippen LogP contribution < -0.4 is 5.32 Å². The minimum atomic E-state index is 0.232. The Balaban J connectivity index is 1.83. The lowest BCUT2D eigenvalue weighted by atomic mass is 10.1. The molecule has 0 saturated heterocycles. The van der Waals surface area contributed by atoms with Gasteiger partial charge in [0.25, 0.3) is 0 Å². The zero-order valence-corrected chi connectivity index (χ0v) is 15.2. The van der Waals surface area contributed by atoms with Crippen LogP contribution in [0.2, 0.25) is 0 Å². The number of aliphatic hydroxyl groups is 1. The van der Waals surface area contributed by atoms with Crippen molar-refractivity contribution in [2.75, 3.05) is 13.2 Å². The van der Waals surface area contributed by atoms with Gasteiger partial charge in [-0.2, -0.15) is 0 Å². The molecule has 0 bridgehead atoms. The van der Waals surface area contributed by atoms with Gasteiger partial charge in [-0.15, -0.1) is 0 Å². The first-order valence-electron chi connectivity index (χ1n) is 9.82. The van der Waals surface area contributed by atoms with Crippen molar-refractivity contribution in [3.05, 3.63) is 24.6 Å². The molecular formula is C20H38N2O. The molecule has 1 rings (SSSR count). The van der Waals surface area contributed by atoms with Gasteiger partial charge >= 0.3 is 0 Å². The highest BCUT2D eigenvalue weighted by atomic mass is 16.3. The molecule has 1 aliphatic heterocycles. The first-order valence-corrected chi connectivity index (χ1v) is 9.82. The molecule has 0 saturated carbocycles. The zero-order valence-electron chi connectivity index (χ0n) is 15.2. The van der Waals surface area contributed by atoms with Crippen LogP contribution in [-0.2, 0) is 0 Å².